The lowest BCUT2D eigenvalue weighted by Gasteiger charge is -2.40. The Hall–Kier alpha value is -0.890. The second-order valence-corrected chi connectivity index (χ2v) is 5.57. The van der Waals surface area contributed by atoms with Gasteiger partial charge in [-0.3, -0.25) is 0 Å². The summed E-state index contributed by atoms with van der Waals surface area (Å²) in [6, 6.07) is 7.04. The topological polar surface area (TPSA) is 12.0 Å². The van der Waals surface area contributed by atoms with E-state index in [9.17, 15) is 4.39 Å². The Morgan fingerprint density at radius 2 is 1.94 bits per heavy atom. The van der Waals surface area contributed by atoms with Crippen molar-refractivity contribution < 1.29 is 4.39 Å². The first-order valence-electron chi connectivity index (χ1n) is 6.63. The summed E-state index contributed by atoms with van der Waals surface area (Å²) in [6.07, 6.45) is 4.80. The second-order valence-electron chi connectivity index (χ2n) is 5.57. The number of hydrogen-bond acceptors (Lipinski definition) is 1. The molecule has 1 unspecified atom stereocenters. The van der Waals surface area contributed by atoms with E-state index in [4.69, 9.17) is 0 Å². The van der Waals surface area contributed by atoms with Gasteiger partial charge in [0.2, 0.25) is 0 Å². The highest BCUT2D eigenvalue weighted by Crippen LogP contribution is 2.36. The number of piperidine rings is 1. The number of nitrogens with one attached hydrogen (secondary N) is 1. The average Bonchev–Trinajstić information content (AvgIpc) is 2.30. The molecule has 17 heavy (non-hydrogen) atoms. The Morgan fingerprint density at radius 1 is 1.24 bits per heavy atom. The molecule has 1 aromatic carbocycles. The van der Waals surface area contributed by atoms with E-state index in [-0.39, 0.29) is 11.4 Å². The van der Waals surface area contributed by atoms with E-state index in [2.05, 4.69) is 19.2 Å². The van der Waals surface area contributed by atoms with Crippen molar-refractivity contribution in [1.82, 2.24) is 5.32 Å². The molecule has 0 aromatic heterocycles. The number of rotatable bonds is 3. The molecule has 1 N–H and O–H groups in total. The van der Waals surface area contributed by atoms with Crippen molar-refractivity contribution in [3.63, 3.8) is 0 Å². The SMILES string of the molecule is CC(C)CC1(c2ccc(F)cc2)CCCCN1. The van der Waals surface area contributed by atoms with Gasteiger partial charge < -0.3 is 5.32 Å². The fraction of sp³-hybridized carbons (Fsp3) is 0.600. The van der Waals surface area contributed by atoms with Gasteiger partial charge in [-0.25, -0.2) is 4.39 Å². The van der Waals surface area contributed by atoms with Gasteiger partial charge in [-0.2, -0.15) is 0 Å². The average molecular weight is 235 g/mol. The summed E-state index contributed by atoms with van der Waals surface area (Å²) in [5.41, 5.74) is 1.31. The van der Waals surface area contributed by atoms with Crippen LogP contribution in [0.25, 0.3) is 0 Å². The van der Waals surface area contributed by atoms with E-state index in [1.807, 2.05) is 12.1 Å². The maximum atomic E-state index is 13.0. The van der Waals surface area contributed by atoms with Crippen molar-refractivity contribution in [2.45, 2.75) is 45.1 Å². The zero-order chi connectivity index (χ0) is 12.3. The lowest BCUT2D eigenvalue weighted by molar-refractivity contribution is 0.214. The molecule has 2 heteroatoms. The van der Waals surface area contributed by atoms with Gasteiger partial charge in [0.15, 0.2) is 0 Å². The Labute approximate surface area is 103 Å². The van der Waals surface area contributed by atoms with Gasteiger partial charge in [0.25, 0.3) is 0 Å². The minimum Gasteiger partial charge on any atom is -0.307 e. The summed E-state index contributed by atoms with van der Waals surface area (Å²) in [5.74, 6) is 0.495. The number of halogens is 1. The summed E-state index contributed by atoms with van der Waals surface area (Å²) >= 11 is 0. The van der Waals surface area contributed by atoms with Crippen molar-refractivity contribution in [1.29, 1.82) is 0 Å². The van der Waals surface area contributed by atoms with Crippen LogP contribution in [0.1, 0.15) is 45.1 Å². The molecule has 94 valence electrons. The van der Waals surface area contributed by atoms with Crippen LogP contribution in [0, 0.1) is 11.7 Å². The molecule has 1 saturated heterocycles. The van der Waals surface area contributed by atoms with Crippen molar-refractivity contribution >= 4 is 0 Å². The van der Waals surface area contributed by atoms with Crippen molar-refractivity contribution in [2.24, 2.45) is 5.92 Å². The molecular formula is C15H22FN. The standard InChI is InChI=1S/C15H22FN/c1-12(2)11-15(9-3-4-10-17-15)13-5-7-14(16)8-6-13/h5-8,12,17H,3-4,9-11H2,1-2H3. The molecule has 1 fully saturated rings. The molecule has 1 aliphatic heterocycles. The summed E-state index contributed by atoms with van der Waals surface area (Å²) in [4.78, 5) is 0. The van der Waals surface area contributed by atoms with Gasteiger partial charge in [-0.15, -0.1) is 0 Å². The van der Waals surface area contributed by atoms with Crippen LogP contribution in [-0.2, 0) is 5.54 Å². The van der Waals surface area contributed by atoms with Gasteiger partial charge in [-0.1, -0.05) is 32.4 Å². The fourth-order valence-electron chi connectivity index (χ4n) is 2.97. The third-order valence-electron chi connectivity index (χ3n) is 3.65. The van der Waals surface area contributed by atoms with E-state index in [1.54, 1.807) is 12.1 Å². The van der Waals surface area contributed by atoms with E-state index < -0.39 is 0 Å². The first-order valence-corrected chi connectivity index (χ1v) is 6.63. The van der Waals surface area contributed by atoms with Crippen molar-refractivity contribution in [2.75, 3.05) is 6.54 Å². The van der Waals surface area contributed by atoms with Gasteiger partial charge in [-0.05, 0) is 49.4 Å². The maximum Gasteiger partial charge on any atom is 0.123 e. The van der Waals surface area contributed by atoms with Gasteiger partial charge in [0.05, 0.1) is 0 Å². The lowest BCUT2D eigenvalue weighted by Crippen LogP contribution is -2.46. The summed E-state index contributed by atoms with van der Waals surface area (Å²) in [7, 11) is 0. The monoisotopic (exact) mass is 235 g/mol. The largest absolute Gasteiger partial charge is 0.307 e. The van der Waals surface area contributed by atoms with Crippen LogP contribution < -0.4 is 5.32 Å². The van der Waals surface area contributed by atoms with Crippen LogP contribution in [0.15, 0.2) is 24.3 Å². The molecule has 0 aliphatic carbocycles. The Morgan fingerprint density at radius 3 is 2.47 bits per heavy atom. The molecule has 1 heterocycles. The zero-order valence-corrected chi connectivity index (χ0v) is 10.8. The molecule has 1 aliphatic rings. The number of hydrogen-bond donors (Lipinski definition) is 1. The van der Waals surface area contributed by atoms with Crippen LogP contribution >= 0.6 is 0 Å². The summed E-state index contributed by atoms with van der Waals surface area (Å²) < 4.78 is 13.0. The Balaban J connectivity index is 2.28. The first-order chi connectivity index (χ1) is 8.12. The van der Waals surface area contributed by atoms with Gasteiger partial charge >= 0.3 is 0 Å². The third kappa shape index (κ3) is 2.86. The minimum atomic E-state index is -0.149. The Kier molecular flexibility index (Phi) is 3.82. The highest BCUT2D eigenvalue weighted by molar-refractivity contribution is 5.26. The molecule has 0 amide bonds. The van der Waals surface area contributed by atoms with Crippen LogP contribution in [0.4, 0.5) is 4.39 Å². The Bertz CT molecular complexity index is 350. The lowest BCUT2D eigenvalue weighted by atomic mass is 9.76. The first kappa shape index (κ1) is 12.6. The third-order valence-corrected chi connectivity index (χ3v) is 3.65. The molecule has 1 nitrogen and oxygen atoms in total. The van der Waals surface area contributed by atoms with E-state index in [0.29, 0.717) is 5.92 Å². The number of benzene rings is 1. The molecule has 1 atom stereocenters. The van der Waals surface area contributed by atoms with Crippen LogP contribution in [0.2, 0.25) is 0 Å². The quantitative estimate of drug-likeness (QED) is 0.839. The van der Waals surface area contributed by atoms with E-state index in [0.717, 1.165) is 19.4 Å². The highest BCUT2D eigenvalue weighted by Gasteiger charge is 2.33. The van der Waals surface area contributed by atoms with Crippen molar-refractivity contribution in [3.05, 3.63) is 35.6 Å². The molecule has 2 rings (SSSR count). The van der Waals surface area contributed by atoms with Crippen LogP contribution in [0.5, 0.6) is 0 Å². The predicted molar refractivity (Wildman–Crippen MR) is 69.4 cm³/mol. The van der Waals surface area contributed by atoms with Gasteiger partial charge in [0.1, 0.15) is 5.82 Å². The fourth-order valence-corrected chi connectivity index (χ4v) is 2.97. The summed E-state index contributed by atoms with van der Waals surface area (Å²) in [5, 5.41) is 3.68. The predicted octanol–water partition coefficient (Wildman–Crippen LogP) is 3.84. The highest BCUT2D eigenvalue weighted by atomic mass is 19.1. The molecule has 1 aromatic rings. The zero-order valence-electron chi connectivity index (χ0n) is 10.8. The maximum absolute atomic E-state index is 13.0. The minimum absolute atomic E-state index is 0.0696. The van der Waals surface area contributed by atoms with E-state index in [1.165, 1.54) is 18.4 Å². The second kappa shape index (κ2) is 5.18. The van der Waals surface area contributed by atoms with Crippen LogP contribution in [0.3, 0.4) is 0 Å². The normalized spacial score (nSPS) is 25.2. The molecule has 0 saturated carbocycles. The molecular weight excluding hydrogens is 213 g/mol. The summed E-state index contributed by atoms with van der Waals surface area (Å²) in [6.45, 7) is 5.58. The van der Waals surface area contributed by atoms with Crippen molar-refractivity contribution in [3.8, 4) is 0 Å². The molecule has 0 radical (unpaired) electrons. The van der Waals surface area contributed by atoms with Gasteiger partial charge in [0, 0.05) is 5.54 Å². The molecule has 0 bridgehead atoms. The molecule has 0 spiro atoms. The van der Waals surface area contributed by atoms with Crippen LogP contribution in [-0.4, -0.2) is 6.54 Å². The smallest absolute Gasteiger partial charge is 0.123 e. The van der Waals surface area contributed by atoms with E-state index >= 15 is 0 Å².